The van der Waals surface area contributed by atoms with E-state index in [1.54, 1.807) is 0 Å². The molecule has 0 saturated carbocycles. The molecule has 0 aromatic heterocycles. The van der Waals surface area contributed by atoms with Crippen molar-refractivity contribution >= 4 is 16.2 Å². The summed E-state index contributed by atoms with van der Waals surface area (Å²) in [5.41, 5.74) is 0. The van der Waals surface area contributed by atoms with E-state index in [9.17, 15) is 0 Å². The molecule has 0 atom stereocenters. The van der Waals surface area contributed by atoms with E-state index < -0.39 is 0 Å². The molecule has 7 heavy (non-hydrogen) atoms. The summed E-state index contributed by atoms with van der Waals surface area (Å²) in [6.45, 7) is 0. The van der Waals surface area contributed by atoms with Crippen molar-refractivity contribution in [2.75, 3.05) is 0 Å². The fourth-order valence-corrected chi connectivity index (χ4v) is 0.589. The Labute approximate surface area is 52.0 Å². The van der Waals surface area contributed by atoms with Gasteiger partial charge in [-0.15, -0.1) is 0 Å². The van der Waals surface area contributed by atoms with E-state index in [1.807, 2.05) is 0 Å². The van der Waals surface area contributed by atoms with Crippen LogP contribution in [0, 0.1) is 0 Å². The zero-order chi connectivity index (χ0) is 5.54. The molecule has 0 heterocycles. The van der Waals surface area contributed by atoms with Crippen molar-refractivity contribution in [2.24, 2.45) is 0 Å². The monoisotopic (exact) mass is 112 g/mol. The summed E-state index contributed by atoms with van der Waals surface area (Å²) in [7, 11) is 0. The molecule has 0 fully saturated rings. The summed E-state index contributed by atoms with van der Waals surface area (Å²) < 4.78 is 8.28. The van der Waals surface area contributed by atoms with Crippen LogP contribution in [0.1, 0.15) is 19.3 Å². The predicted octanol–water partition coefficient (Wildman–Crippen LogP) is 0.959. The van der Waals surface area contributed by atoms with Crippen LogP contribution in [-0.4, -0.2) is 16.2 Å². The molecule has 0 saturated heterocycles. The topological polar surface area (TPSA) is 17.1 Å². The number of hydrogen-bond donors (Lipinski definition) is 0. The Kier molecular flexibility index (Phi) is 6.14. The molecule has 0 aromatic rings. The van der Waals surface area contributed by atoms with Gasteiger partial charge in [0.15, 0.2) is 0 Å². The molecule has 1 nitrogen and oxygen atoms in total. The quantitative estimate of drug-likeness (QED) is 0.337. The maximum absolute atomic E-state index is 8.28. The number of rotatable bonds is 0. The average Bonchev–Trinajstić information content (AvgIpc) is 2.23. The standard InChI is InChI=1S/C5H8.Al.O.H/c1-2-4-5-3-1;;;/h1-2H,3-5H2;;;. The molecule has 1 rings (SSSR count). The van der Waals surface area contributed by atoms with E-state index in [2.05, 4.69) is 12.2 Å². The predicted molar refractivity (Wildman–Crippen MR) is 30.8 cm³/mol. The van der Waals surface area contributed by atoms with Crippen molar-refractivity contribution in [3.63, 3.8) is 0 Å². The molecular weight excluding hydrogens is 103 g/mol. The Balaban J connectivity index is 0.000000162. The molecule has 1 aliphatic rings. The van der Waals surface area contributed by atoms with Crippen molar-refractivity contribution in [2.45, 2.75) is 19.3 Å². The van der Waals surface area contributed by atoms with Crippen LogP contribution in [0.25, 0.3) is 0 Å². The van der Waals surface area contributed by atoms with Crippen molar-refractivity contribution in [3.8, 4) is 0 Å². The Morgan fingerprint density at radius 3 is 1.71 bits per heavy atom. The summed E-state index contributed by atoms with van der Waals surface area (Å²) in [5, 5.41) is 0. The third kappa shape index (κ3) is 3.91. The van der Waals surface area contributed by atoms with E-state index in [-0.39, 0.29) is 0 Å². The van der Waals surface area contributed by atoms with Gasteiger partial charge < -0.3 is 0 Å². The van der Waals surface area contributed by atoms with E-state index in [0.29, 0.717) is 16.2 Å². The van der Waals surface area contributed by atoms with Crippen molar-refractivity contribution < 1.29 is 3.80 Å². The molecule has 2 heteroatoms. The van der Waals surface area contributed by atoms with E-state index in [0.717, 1.165) is 0 Å². The normalized spacial score (nSPS) is 15.3. The summed E-state index contributed by atoms with van der Waals surface area (Å²) in [6, 6.07) is 0. The van der Waals surface area contributed by atoms with Gasteiger partial charge in [0.1, 0.15) is 0 Å². The molecule has 0 radical (unpaired) electrons. The third-order valence-corrected chi connectivity index (χ3v) is 0.908. The van der Waals surface area contributed by atoms with E-state index >= 15 is 0 Å². The minimum atomic E-state index is 0.611. The Morgan fingerprint density at radius 2 is 1.57 bits per heavy atom. The second-order valence-corrected chi connectivity index (χ2v) is 1.40. The SMILES string of the molecule is C1=CCCC1.[O]=[AlH]. The van der Waals surface area contributed by atoms with Gasteiger partial charge in [-0.05, 0) is 19.3 Å². The van der Waals surface area contributed by atoms with Crippen LogP contribution < -0.4 is 0 Å². The van der Waals surface area contributed by atoms with Gasteiger partial charge in [-0.3, -0.25) is 0 Å². The molecular formula is C5H9AlO. The maximum atomic E-state index is 8.28. The van der Waals surface area contributed by atoms with Crippen LogP contribution in [-0.2, 0) is 3.80 Å². The number of allylic oxidation sites excluding steroid dienone is 2. The summed E-state index contributed by atoms with van der Waals surface area (Å²) in [6.07, 6.45) is 8.50. The third-order valence-electron chi connectivity index (χ3n) is 0.908. The average molecular weight is 112 g/mol. The fourth-order valence-electron chi connectivity index (χ4n) is 0.589. The zero-order valence-corrected chi connectivity index (χ0v) is 5.81. The molecule has 0 bridgehead atoms. The first-order valence-corrected chi connectivity index (χ1v) is 3.02. The first-order chi connectivity index (χ1) is 3.50. The van der Waals surface area contributed by atoms with Crippen LogP contribution in [0.4, 0.5) is 0 Å². The molecule has 0 N–H and O–H groups in total. The van der Waals surface area contributed by atoms with Gasteiger partial charge in [0, 0.05) is 0 Å². The van der Waals surface area contributed by atoms with Gasteiger partial charge in [-0.25, -0.2) is 0 Å². The van der Waals surface area contributed by atoms with Crippen molar-refractivity contribution in [3.05, 3.63) is 12.2 Å². The Bertz CT molecular complexity index is 55.1. The van der Waals surface area contributed by atoms with Crippen LogP contribution >= 0.6 is 0 Å². The number of hydrogen-bond acceptors (Lipinski definition) is 1. The van der Waals surface area contributed by atoms with Gasteiger partial charge in [0.2, 0.25) is 0 Å². The van der Waals surface area contributed by atoms with Gasteiger partial charge in [-0.1, -0.05) is 12.2 Å². The fraction of sp³-hybridized carbons (Fsp3) is 0.600. The Hall–Kier alpha value is 0.0725. The molecule has 0 aliphatic heterocycles. The summed E-state index contributed by atoms with van der Waals surface area (Å²) in [5.74, 6) is 0. The van der Waals surface area contributed by atoms with Crippen molar-refractivity contribution in [1.29, 1.82) is 0 Å². The summed E-state index contributed by atoms with van der Waals surface area (Å²) in [4.78, 5) is 0. The zero-order valence-electron chi connectivity index (χ0n) is 4.39. The Morgan fingerprint density at radius 1 is 1.14 bits per heavy atom. The van der Waals surface area contributed by atoms with Gasteiger partial charge in [0.05, 0.1) is 0 Å². The second-order valence-electron chi connectivity index (χ2n) is 1.40. The van der Waals surface area contributed by atoms with Crippen LogP contribution in [0.3, 0.4) is 0 Å². The summed E-state index contributed by atoms with van der Waals surface area (Å²) >= 11 is 0.611. The van der Waals surface area contributed by atoms with Crippen LogP contribution in [0.5, 0.6) is 0 Å². The molecule has 38 valence electrons. The van der Waals surface area contributed by atoms with Crippen LogP contribution in [0.2, 0.25) is 0 Å². The van der Waals surface area contributed by atoms with Gasteiger partial charge in [0.25, 0.3) is 0 Å². The molecule has 1 aliphatic carbocycles. The van der Waals surface area contributed by atoms with E-state index in [4.69, 9.17) is 3.80 Å². The molecule has 0 aromatic carbocycles. The van der Waals surface area contributed by atoms with Gasteiger partial charge >= 0.3 is 20.0 Å². The van der Waals surface area contributed by atoms with Crippen molar-refractivity contribution in [1.82, 2.24) is 0 Å². The van der Waals surface area contributed by atoms with Gasteiger partial charge in [-0.2, -0.15) is 0 Å². The first-order valence-electron chi connectivity index (χ1n) is 2.44. The van der Waals surface area contributed by atoms with E-state index in [1.165, 1.54) is 19.3 Å². The van der Waals surface area contributed by atoms with Crippen LogP contribution in [0.15, 0.2) is 12.2 Å². The first kappa shape index (κ1) is 7.07. The minimum absolute atomic E-state index is 0.611. The molecule has 0 unspecified atom stereocenters. The molecule has 0 amide bonds. The second kappa shape index (κ2) is 6.07. The molecule has 0 spiro atoms.